The molecule has 2 atom stereocenters. The molecule has 0 spiro atoms. The lowest BCUT2D eigenvalue weighted by atomic mass is 9.87. The molecule has 0 bridgehead atoms. The summed E-state index contributed by atoms with van der Waals surface area (Å²) in [6.45, 7) is 6.14. The summed E-state index contributed by atoms with van der Waals surface area (Å²) in [4.78, 5) is 44.1. The van der Waals surface area contributed by atoms with Gasteiger partial charge in [-0.3, -0.25) is 14.4 Å². The minimum absolute atomic E-state index is 0.0237. The molecule has 2 aromatic carbocycles. The largest absolute Gasteiger partial charge is 0.481 e. The number of fused-ring (bicyclic) bond motifs is 1. The fourth-order valence-corrected chi connectivity index (χ4v) is 6.23. The number of rotatable bonds is 6. The van der Waals surface area contributed by atoms with Crippen molar-refractivity contribution >= 4 is 17.7 Å². The van der Waals surface area contributed by atoms with Crippen LogP contribution in [0.5, 0.6) is 5.75 Å². The highest BCUT2D eigenvalue weighted by atomic mass is 19.1. The summed E-state index contributed by atoms with van der Waals surface area (Å²) in [6, 6.07) is 12.0. The lowest BCUT2D eigenvalue weighted by Crippen LogP contribution is -2.53. The number of halogens is 1. The molecule has 1 saturated carbocycles. The van der Waals surface area contributed by atoms with Gasteiger partial charge in [0.05, 0.1) is 6.04 Å². The van der Waals surface area contributed by atoms with Gasteiger partial charge < -0.3 is 19.4 Å². The van der Waals surface area contributed by atoms with Gasteiger partial charge in [-0.1, -0.05) is 38.0 Å². The number of carbonyl (C=O) groups is 3. The van der Waals surface area contributed by atoms with Crippen molar-refractivity contribution in [1.82, 2.24) is 14.7 Å². The van der Waals surface area contributed by atoms with Gasteiger partial charge in [0.1, 0.15) is 11.6 Å². The zero-order chi connectivity index (χ0) is 27.5. The second kappa shape index (κ2) is 11.8. The molecule has 2 fully saturated rings. The molecule has 0 unspecified atom stereocenters. The van der Waals surface area contributed by atoms with E-state index in [-0.39, 0.29) is 35.5 Å². The first-order chi connectivity index (χ1) is 18.9. The molecule has 5 rings (SSSR count). The van der Waals surface area contributed by atoms with Crippen LogP contribution in [0.1, 0.15) is 68.7 Å². The summed E-state index contributed by atoms with van der Waals surface area (Å²) in [6.07, 6.45) is 4.60. The molecule has 3 aliphatic rings. The van der Waals surface area contributed by atoms with E-state index >= 15 is 0 Å². The topological polar surface area (TPSA) is 70.2 Å². The Labute approximate surface area is 229 Å². The van der Waals surface area contributed by atoms with Crippen LogP contribution in [0.3, 0.4) is 0 Å². The Bertz CT molecular complexity index is 1200. The van der Waals surface area contributed by atoms with Gasteiger partial charge in [-0.2, -0.15) is 0 Å². The van der Waals surface area contributed by atoms with Crippen molar-refractivity contribution < 1.29 is 23.5 Å². The Balaban J connectivity index is 1.40. The Kier molecular flexibility index (Phi) is 8.19. The van der Waals surface area contributed by atoms with Gasteiger partial charge >= 0.3 is 0 Å². The Hall–Kier alpha value is -3.42. The normalized spacial score (nSPS) is 20.5. The van der Waals surface area contributed by atoms with Crippen LogP contribution >= 0.6 is 0 Å². The van der Waals surface area contributed by atoms with Crippen molar-refractivity contribution in [3.05, 3.63) is 65.0 Å². The number of piperazine rings is 1. The average molecular weight is 536 g/mol. The minimum atomic E-state index is -0.643. The summed E-state index contributed by atoms with van der Waals surface area (Å²) in [5.41, 5.74) is 2.97. The number of nitrogens with zero attached hydrogens (tertiary/aromatic N) is 3. The zero-order valence-electron chi connectivity index (χ0n) is 22.9. The van der Waals surface area contributed by atoms with Crippen LogP contribution in [0, 0.1) is 11.7 Å². The summed E-state index contributed by atoms with van der Waals surface area (Å²) >= 11 is 0. The smallest absolute Gasteiger partial charge is 0.263 e. The van der Waals surface area contributed by atoms with E-state index in [9.17, 15) is 18.8 Å². The van der Waals surface area contributed by atoms with Gasteiger partial charge in [-0.15, -0.1) is 0 Å². The molecule has 8 heteroatoms. The molecule has 0 N–H and O–H groups in total. The first kappa shape index (κ1) is 27.2. The number of carbonyl (C=O) groups excluding carboxylic acids is 3. The molecule has 0 aromatic heterocycles. The van der Waals surface area contributed by atoms with Crippen molar-refractivity contribution in [2.24, 2.45) is 5.92 Å². The summed E-state index contributed by atoms with van der Waals surface area (Å²) in [7, 11) is 0. The molecule has 1 aliphatic carbocycles. The lowest BCUT2D eigenvalue weighted by molar-refractivity contribution is -0.143. The third-order valence-corrected chi connectivity index (χ3v) is 8.48. The molecular formula is C31H38FN3O4. The molecule has 2 aromatic rings. The maximum atomic E-state index is 13.8. The molecule has 7 nitrogen and oxygen atoms in total. The molecule has 0 radical (unpaired) electrons. The highest BCUT2D eigenvalue weighted by Crippen LogP contribution is 2.40. The van der Waals surface area contributed by atoms with E-state index < -0.39 is 6.10 Å². The fourth-order valence-electron chi connectivity index (χ4n) is 6.23. The SMILES string of the molecule is CC[C@H](Oc1ccc2c(c1)[C@@H](c1ccc(F)cc1)N(C(=O)C1CCCC1)CC2)C(=O)N1CCN(C(C)=O)CC1. The van der Waals surface area contributed by atoms with Gasteiger partial charge in [0.15, 0.2) is 6.10 Å². The van der Waals surface area contributed by atoms with Crippen molar-refractivity contribution in [2.75, 3.05) is 32.7 Å². The van der Waals surface area contributed by atoms with Gasteiger partial charge in [0.2, 0.25) is 11.8 Å². The number of ether oxygens (including phenoxy) is 1. The summed E-state index contributed by atoms with van der Waals surface area (Å²) in [5.74, 6) is 0.430. The Morgan fingerprint density at radius 1 is 0.949 bits per heavy atom. The average Bonchev–Trinajstić information content (AvgIpc) is 3.50. The molecule has 3 amide bonds. The molecule has 2 aliphatic heterocycles. The molecule has 2 heterocycles. The van der Waals surface area contributed by atoms with Crippen LogP contribution in [0.15, 0.2) is 42.5 Å². The van der Waals surface area contributed by atoms with Crippen LogP contribution in [0.2, 0.25) is 0 Å². The monoisotopic (exact) mass is 535 g/mol. The molecule has 208 valence electrons. The third kappa shape index (κ3) is 5.80. The van der Waals surface area contributed by atoms with Crippen LogP contribution < -0.4 is 4.74 Å². The molecule has 39 heavy (non-hydrogen) atoms. The lowest BCUT2D eigenvalue weighted by Gasteiger charge is -2.39. The van der Waals surface area contributed by atoms with Crippen molar-refractivity contribution in [1.29, 1.82) is 0 Å². The first-order valence-electron chi connectivity index (χ1n) is 14.3. The number of hydrogen-bond donors (Lipinski definition) is 0. The maximum absolute atomic E-state index is 13.8. The van der Waals surface area contributed by atoms with E-state index in [1.54, 1.807) is 28.9 Å². The van der Waals surface area contributed by atoms with Crippen molar-refractivity contribution in [3.8, 4) is 5.75 Å². The van der Waals surface area contributed by atoms with Crippen molar-refractivity contribution in [2.45, 2.75) is 64.5 Å². The van der Waals surface area contributed by atoms with E-state index in [4.69, 9.17) is 4.74 Å². The first-order valence-corrected chi connectivity index (χ1v) is 14.3. The van der Waals surface area contributed by atoms with Crippen LogP contribution in [0.4, 0.5) is 4.39 Å². The van der Waals surface area contributed by atoms with Gasteiger partial charge in [0, 0.05) is 45.6 Å². The van der Waals surface area contributed by atoms with Crippen molar-refractivity contribution in [3.63, 3.8) is 0 Å². The second-order valence-electron chi connectivity index (χ2n) is 10.9. The van der Waals surface area contributed by atoms with Gasteiger partial charge in [0.25, 0.3) is 5.91 Å². The highest BCUT2D eigenvalue weighted by molar-refractivity contribution is 5.82. The van der Waals surface area contributed by atoms with E-state index in [1.165, 1.54) is 12.1 Å². The minimum Gasteiger partial charge on any atom is -0.481 e. The third-order valence-electron chi connectivity index (χ3n) is 8.48. The van der Waals surface area contributed by atoms with Crippen LogP contribution in [-0.2, 0) is 20.8 Å². The van der Waals surface area contributed by atoms with E-state index in [1.807, 2.05) is 30.0 Å². The highest BCUT2D eigenvalue weighted by Gasteiger charge is 2.37. The van der Waals surface area contributed by atoms with Crippen LogP contribution in [-0.4, -0.2) is 71.2 Å². The number of hydrogen-bond acceptors (Lipinski definition) is 4. The summed E-state index contributed by atoms with van der Waals surface area (Å²) in [5, 5.41) is 0. The van der Waals surface area contributed by atoms with E-state index in [0.29, 0.717) is 44.9 Å². The van der Waals surface area contributed by atoms with E-state index in [0.717, 1.165) is 48.8 Å². The predicted molar refractivity (Wildman–Crippen MR) is 146 cm³/mol. The van der Waals surface area contributed by atoms with Crippen LogP contribution in [0.25, 0.3) is 0 Å². The number of amides is 3. The Morgan fingerprint density at radius 2 is 1.62 bits per heavy atom. The number of benzene rings is 2. The Morgan fingerprint density at radius 3 is 2.26 bits per heavy atom. The standard InChI is InChI=1S/C31H38FN3O4/c1-3-28(31(38)34-18-16-33(17-19-34)21(2)36)39-26-13-10-22-14-15-35(30(37)24-6-4-5-7-24)29(27(22)20-26)23-8-11-25(32)12-9-23/h8-13,20,24,28-29H,3-7,14-19H2,1-2H3/t28-,29+/m0/s1. The predicted octanol–water partition coefficient (Wildman–Crippen LogP) is 4.34. The van der Waals surface area contributed by atoms with Gasteiger partial charge in [-0.25, -0.2) is 4.39 Å². The second-order valence-corrected chi connectivity index (χ2v) is 10.9. The quantitative estimate of drug-likeness (QED) is 0.552. The molecular weight excluding hydrogens is 497 g/mol. The summed E-state index contributed by atoms with van der Waals surface area (Å²) < 4.78 is 20.1. The zero-order valence-corrected chi connectivity index (χ0v) is 22.9. The maximum Gasteiger partial charge on any atom is 0.263 e. The van der Waals surface area contributed by atoms with E-state index in [2.05, 4.69) is 0 Å². The molecule has 1 saturated heterocycles. The fraction of sp³-hybridized carbons (Fsp3) is 0.516. The van der Waals surface area contributed by atoms with Gasteiger partial charge in [-0.05, 0) is 66.6 Å².